The molecule has 0 bridgehead atoms. The predicted octanol–water partition coefficient (Wildman–Crippen LogP) is -2.39. The molecule has 0 aromatic carbocycles. The average Bonchev–Trinajstić information content (AvgIpc) is 2.11. The average molecular weight is 181 g/mol. The number of aliphatic hydroxyl groups is 3. The van der Waals surface area contributed by atoms with Crippen molar-refractivity contribution in [3.05, 3.63) is 0 Å². The maximum Gasteiger partial charge on any atom is 0.316 e. The Morgan fingerprint density at radius 2 is 1.42 bits per heavy atom. The molecule has 6 N–H and O–H groups in total. The summed E-state index contributed by atoms with van der Waals surface area (Å²) in [4.78, 5) is 10.2. The van der Waals surface area contributed by atoms with Crippen molar-refractivity contribution in [2.75, 3.05) is 26.9 Å². The fraction of sp³-hybridized carbons (Fsp3) is 0.833. The van der Waals surface area contributed by atoms with Crippen molar-refractivity contribution in [3.63, 3.8) is 0 Å². The number of hydrogen-bond donors (Lipinski definition) is 5. The monoisotopic (exact) mass is 181 g/mol. The Balaban J connectivity index is 0. The smallest absolute Gasteiger partial charge is 0.316 e. The molecule has 0 aliphatic heterocycles. The minimum absolute atomic E-state index is 0.769. The van der Waals surface area contributed by atoms with Gasteiger partial charge in [0.25, 0.3) is 0 Å². The Labute approximate surface area is 70.2 Å². The number of carboxylic acid groups (broad SMARTS) is 1. The van der Waals surface area contributed by atoms with E-state index in [1.165, 1.54) is 7.05 Å². The Morgan fingerprint density at radius 3 is 1.42 bits per heavy atom. The fourth-order valence-corrected chi connectivity index (χ4v) is 0.353. The second-order valence-corrected chi connectivity index (χ2v) is 2.06. The number of carbonyl (C=O) groups is 1. The number of hydrogen-bond acceptors (Lipinski definition) is 5. The van der Waals surface area contributed by atoms with Crippen LogP contribution in [0, 0.1) is 5.41 Å². The Hall–Kier alpha value is -0.690. The van der Waals surface area contributed by atoms with Gasteiger partial charge in [0.2, 0.25) is 0 Å². The molecule has 6 heteroatoms. The van der Waals surface area contributed by atoms with Crippen molar-refractivity contribution in [3.8, 4) is 0 Å². The molecule has 0 atom stereocenters. The number of nitrogens with two attached hydrogens (primary N) is 1. The molecule has 0 amide bonds. The third-order valence-corrected chi connectivity index (χ3v) is 1.36. The molecule has 0 fully saturated rings. The lowest BCUT2D eigenvalue weighted by Gasteiger charge is -2.20. The van der Waals surface area contributed by atoms with Crippen LogP contribution in [-0.2, 0) is 4.79 Å². The highest BCUT2D eigenvalue weighted by atomic mass is 16.4. The van der Waals surface area contributed by atoms with E-state index in [0.717, 1.165) is 0 Å². The van der Waals surface area contributed by atoms with E-state index in [2.05, 4.69) is 5.73 Å². The van der Waals surface area contributed by atoms with Gasteiger partial charge in [0, 0.05) is 0 Å². The molecule has 6 nitrogen and oxygen atoms in total. The van der Waals surface area contributed by atoms with Gasteiger partial charge in [-0.25, -0.2) is 0 Å². The van der Waals surface area contributed by atoms with Crippen molar-refractivity contribution >= 4 is 5.97 Å². The van der Waals surface area contributed by atoms with Crippen LogP contribution in [0.5, 0.6) is 0 Å². The molecule has 0 aromatic rings. The van der Waals surface area contributed by atoms with Gasteiger partial charge in [-0.05, 0) is 7.05 Å². The third kappa shape index (κ3) is 3.14. The first-order chi connectivity index (χ1) is 5.63. The summed E-state index contributed by atoms with van der Waals surface area (Å²) in [5, 5.41) is 33.7. The molecule has 0 saturated heterocycles. The van der Waals surface area contributed by atoms with Crippen LogP contribution in [0.1, 0.15) is 0 Å². The summed E-state index contributed by atoms with van der Waals surface area (Å²) >= 11 is 0. The third-order valence-electron chi connectivity index (χ3n) is 1.36. The van der Waals surface area contributed by atoms with Gasteiger partial charge in [-0.15, -0.1) is 0 Å². The van der Waals surface area contributed by atoms with Crippen molar-refractivity contribution in [1.29, 1.82) is 0 Å². The summed E-state index contributed by atoms with van der Waals surface area (Å²) in [5.74, 6) is -1.40. The minimum atomic E-state index is -1.79. The maximum absolute atomic E-state index is 10.2. The highest BCUT2D eigenvalue weighted by Gasteiger charge is 2.36. The SMILES string of the molecule is CN.O=C(O)C(CO)(CO)CO. The zero-order valence-corrected chi connectivity index (χ0v) is 6.90. The second-order valence-electron chi connectivity index (χ2n) is 2.06. The van der Waals surface area contributed by atoms with Crippen LogP contribution in [0.4, 0.5) is 0 Å². The van der Waals surface area contributed by atoms with Gasteiger partial charge in [-0.1, -0.05) is 0 Å². The lowest BCUT2D eigenvalue weighted by molar-refractivity contribution is -0.158. The predicted molar refractivity (Wildman–Crippen MR) is 41.4 cm³/mol. The molecule has 74 valence electrons. The highest BCUT2D eigenvalue weighted by Crippen LogP contribution is 2.13. The zero-order chi connectivity index (χ0) is 10.2. The van der Waals surface area contributed by atoms with Crippen LogP contribution in [0.15, 0.2) is 0 Å². The van der Waals surface area contributed by atoms with Crippen LogP contribution in [-0.4, -0.2) is 53.3 Å². The molecular formula is C6H15NO5. The van der Waals surface area contributed by atoms with Gasteiger partial charge >= 0.3 is 5.97 Å². The summed E-state index contributed by atoms with van der Waals surface area (Å²) in [6.07, 6.45) is 0. The zero-order valence-electron chi connectivity index (χ0n) is 6.90. The van der Waals surface area contributed by atoms with Gasteiger partial charge in [0.05, 0.1) is 19.8 Å². The number of aliphatic hydroxyl groups excluding tert-OH is 3. The quantitative estimate of drug-likeness (QED) is 0.329. The molecule has 0 aliphatic carbocycles. The van der Waals surface area contributed by atoms with Crippen LogP contribution in [0.25, 0.3) is 0 Å². The highest BCUT2D eigenvalue weighted by molar-refractivity contribution is 5.75. The molecule has 0 aromatic heterocycles. The lowest BCUT2D eigenvalue weighted by atomic mass is 9.92. The van der Waals surface area contributed by atoms with Gasteiger partial charge in [0.1, 0.15) is 5.41 Å². The largest absolute Gasteiger partial charge is 0.481 e. The number of carboxylic acids is 1. The normalized spacial score (nSPS) is 10.1. The summed E-state index contributed by atoms with van der Waals surface area (Å²) in [5.41, 5.74) is 2.71. The van der Waals surface area contributed by atoms with E-state index in [9.17, 15) is 4.79 Å². The summed E-state index contributed by atoms with van der Waals surface area (Å²) < 4.78 is 0. The lowest BCUT2D eigenvalue weighted by Crippen LogP contribution is -2.41. The molecule has 0 heterocycles. The van der Waals surface area contributed by atoms with E-state index in [4.69, 9.17) is 20.4 Å². The van der Waals surface area contributed by atoms with Crippen molar-refractivity contribution < 1.29 is 25.2 Å². The summed E-state index contributed by atoms with van der Waals surface area (Å²) in [6.45, 7) is -2.31. The van der Waals surface area contributed by atoms with Gasteiger partial charge in [0.15, 0.2) is 0 Å². The maximum atomic E-state index is 10.2. The molecule has 0 unspecified atom stereocenters. The van der Waals surface area contributed by atoms with Crippen LogP contribution >= 0.6 is 0 Å². The van der Waals surface area contributed by atoms with Crippen LogP contribution in [0.2, 0.25) is 0 Å². The van der Waals surface area contributed by atoms with Crippen LogP contribution < -0.4 is 5.73 Å². The fourth-order valence-electron chi connectivity index (χ4n) is 0.353. The first kappa shape index (κ1) is 13.9. The first-order valence-corrected chi connectivity index (χ1v) is 3.26. The van der Waals surface area contributed by atoms with E-state index < -0.39 is 31.2 Å². The van der Waals surface area contributed by atoms with E-state index in [1.54, 1.807) is 0 Å². The van der Waals surface area contributed by atoms with Crippen molar-refractivity contribution in [1.82, 2.24) is 0 Å². The topological polar surface area (TPSA) is 124 Å². The summed E-state index contributed by atoms with van der Waals surface area (Å²) in [6, 6.07) is 0. The molecule has 0 saturated carbocycles. The Kier molecular flexibility index (Phi) is 8.07. The molecule has 0 radical (unpaired) electrons. The summed E-state index contributed by atoms with van der Waals surface area (Å²) in [7, 11) is 1.50. The van der Waals surface area contributed by atoms with Gasteiger partial charge in [-0.2, -0.15) is 0 Å². The van der Waals surface area contributed by atoms with Crippen molar-refractivity contribution in [2.45, 2.75) is 0 Å². The van der Waals surface area contributed by atoms with Gasteiger partial charge < -0.3 is 26.2 Å². The molecular weight excluding hydrogens is 166 g/mol. The first-order valence-electron chi connectivity index (χ1n) is 3.26. The standard InChI is InChI=1S/C5H10O5.CH5N/c6-1-5(2-7,3-8)4(9)10;1-2/h6-8H,1-3H2,(H,9,10);2H2,1H3. The van der Waals surface area contributed by atoms with E-state index in [-0.39, 0.29) is 0 Å². The second kappa shape index (κ2) is 6.99. The van der Waals surface area contributed by atoms with Gasteiger partial charge in [-0.3, -0.25) is 4.79 Å². The Morgan fingerprint density at radius 1 is 1.17 bits per heavy atom. The molecule has 0 spiro atoms. The van der Waals surface area contributed by atoms with E-state index in [1.807, 2.05) is 0 Å². The Bertz CT molecular complexity index is 115. The molecule has 0 rings (SSSR count). The number of aliphatic carboxylic acids is 1. The molecule has 0 aliphatic rings. The van der Waals surface area contributed by atoms with E-state index >= 15 is 0 Å². The van der Waals surface area contributed by atoms with E-state index in [0.29, 0.717) is 0 Å². The number of rotatable bonds is 4. The van der Waals surface area contributed by atoms with Crippen LogP contribution in [0.3, 0.4) is 0 Å². The van der Waals surface area contributed by atoms with Crippen molar-refractivity contribution in [2.24, 2.45) is 11.1 Å². The molecule has 12 heavy (non-hydrogen) atoms. The minimum Gasteiger partial charge on any atom is -0.481 e.